The molecule has 0 spiro atoms. The van der Waals surface area contributed by atoms with Crippen LogP contribution in [0, 0.1) is 12.3 Å². The van der Waals surface area contributed by atoms with Gasteiger partial charge in [0.05, 0.1) is 6.10 Å². The van der Waals surface area contributed by atoms with Gasteiger partial charge in [0, 0.05) is 23.3 Å². The van der Waals surface area contributed by atoms with Crippen LogP contribution >= 0.6 is 0 Å². The molecule has 5 heteroatoms. The minimum atomic E-state index is -0.175. The second-order valence-electron chi connectivity index (χ2n) is 5.69. The van der Waals surface area contributed by atoms with Gasteiger partial charge in [0.2, 0.25) is 0 Å². The zero-order chi connectivity index (χ0) is 13.6. The highest BCUT2D eigenvalue weighted by Crippen LogP contribution is 2.38. The molecule has 5 nitrogen and oxygen atoms in total. The third-order valence-electron chi connectivity index (χ3n) is 4.22. The average molecular weight is 260 g/mol. The number of fused-ring (bicyclic) bond motifs is 2. The molecule has 0 aromatic carbocycles. The minimum absolute atomic E-state index is 0.0798. The molecule has 4 N–H and O–H groups in total. The van der Waals surface area contributed by atoms with E-state index in [1.54, 1.807) is 0 Å². The molecule has 1 aromatic heterocycles. The van der Waals surface area contributed by atoms with Gasteiger partial charge in [0.15, 0.2) is 0 Å². The summed E-state index contributed by atoms with van der Waals surface area (Å²) in [5, 5.41) is 17.4. The van der Waals surface area contributed by atoms with Crippen molar-refractivity contribution in [2.45, 2.75) is 50.8 Å². The number of rotatable bonds is 2. The smallest absolute Gasteiger partial charge is 0.130 e. The van der Waals surface area contributed by atoms with Gasteiger partial charge < -0.3 is 15.7 Å². The summed E-state index contributed by atoms with van der Waals surface area (Å²) in [7, 11) is 0. The number of pyridine rings is 1. The molecular formula is C14H20N4O. The van der Waals surface area contributed by atoms with E-state index in [0.29, 0.717) is 12.1 Å². The fourth-order valence-corrected chi connectivity index (χ4v) is 3.46. The van der Waals surface area contributed by atoms with Crippen molar-refractivity contribution in [1.82, 2.24) is 4.98 Å². The number of nitrogens with one attached hydrogen (secondary N) is 1. The Labute approximate surface area is 113 Å². The van der Waals surface area contributed by atoms with E-state index in [9.17, 15) is 5.11 Å². The molecule has 3 rings (SSSR count). The summed E-state index contributed by atoms with van der Waals surface area (Å²) in [6.45, 7) is 1.93. The van der Waals surface area contributed by atoms with E-state index in [2.05, 4.69) is 9.88 Å². The molecule has 19 heavy (non-hydrogen) atoms. The van der Waals surface area contributed by atoms with Gasteiger partial charge in [0.1, 0.15) is 11.7 Å². The molecule has 0 radical (unpaired) electrons. The average Bonchev–Trinajstić information content (AvgIpc) is 2.61. The van der Waals surface area contributed by atoms with Crippen molar-refractivity contribution >= 4 is 11.7 Å². The van der Waals surface area contributed by atoms with Crippen molar-refractivity contribution in [3.8, 4) is 0 Å². The predicted octanol–water partition coefficient (Wildman–Crippen LogP) is 1.17. The van der Waals surface area contributed by atoms with Gasteiger partial charge in [0.25, 0.3) is 0 Å². The molecule has 2 saturated heterocycles. The molecule has 2 unspecified atom stereocenters. The summed E-state index contributed by atoms with van der Waals surface area (Å²) in [5.74, 6) is 0.987. The first kappa shape index (κ1) is 12.4. The van der Waals surface area contributed by atoms with Crippen LogP contribution in [0.3, 0.4) is 0 Å². The van der Waals surface area contributed by atoms with Crippen molar-refractivity contribution < 1.29 is 5.11 Å². The lowest BCUT2D eigenvalue weighted by atomic mass is 9.99. The zero-order valence-electron chi connectivity index (χ0n) is 11.1. The van der Waals surface area contributed by atoms with E-state index in [4.69, 9.17) is 11.1 Å². The maximum Gasteiger partial charge on any atom is 0.130 e. The maximum atomic E-state index is 9.85. The first-order chi connectivity index (χ1) is 9.04. The molecule has 3 heterocycles. The number of nitrogens with zero attached hydrogens (tertiary/aromatic N) is 2. The van der Waals surface area contributed by atoms with Crippen molar-refractivity contribution in [3.63, 3.8) is 0 Å². The predicted molar refractivity (Wildman–Crippen MR) is 74.5 cm³/mol. The first-order valence-corrected chi connectivity index (χ1v) is 6.84. The summed E-state index contributed by atoms with van der Waals surface area (Å²) < 4.78 is 0. The second-order valence-corrected chi connectivity index (χ2v) is 5.69. The fraction of sp³-hybridized carbons (Fsp3) is 0.571. The Morgan fingerprint density at radius 2 is 2.00 bits per heavy atom. The number of hydrogen-bond acceptors (Lipinski definition) is 4. The van der Waals surface area contributed by atoms with Crippen LogP contribution in [0.4, 0.5) is 5.82 Å². The zero-order valence-corrected chi connectivity index (χ0v) is 11.1. The van der Waals surface area contributed by atoms with Crippen LogP contribution < -0.4 is 10.6 Å². The number of aryl methyl sites for hydroxylation is 1. The van der Waals surface area contributed by atoms with Crippen LogP contribution in [0.1, 0.15) is 36.9 Å². The number of hydrogen-bond donors (Lipinski definition) is 3. The Balaban J connectivity index is 1.96. The van der Waals surface area contributed by atoms with Crippen LogP contribution in [-0.4, -0.2) is 34.1 Å². The fourth-order valence-electron chi connectivity index (χ4n) is 3.46. The van der Waals surface area contributed by atoms with Gasteiger partial charge in [-0.15, -0.1) is 0 Å². The van der Waals surface area contributed by atoms with E-state index in [1.165, 1.54) is 0 Å². The lowest BCUT2D eigenvalue weighted by Gasteiger charge is -2.38. The third kappa shape index (κ3) is 2.18. The van der Waals surface area contributed by atoms with Crippen LogP contribution in [0.15, 0.2) is 12.1 Å². The normalized spacial score (nSPS) is 29.6. The molecule has 2 aliphatic rings. The SMILES string of the molecule is Cc1cc(C(=N)N)cc(N2C3CCC2CC(O)C3)n1. The van der Waals surface area contributed by atoms with E-state index in [-0.39, 0.29) is 11.9 Å². The van der Waals surface area contributed by atoms with E-state index >= 15 is 0 Å². The monoisotopic (exact) mass is 260 g/mol. The first-order valence-electron chi connectivity index (χ1n) is 6.84. The number of aromatic nitrogens is 1. The Morgan fingerprint density at radius 3 is 2.58 bits per heavy atom. The number of piperidine rings is 1. The third-order valence-corrected chi connectivity index (χ3v) is 4.22. The lowest BCUT2D eigenvalue weighted by molar-refractivity contribution is 0.126. The highest BCUT2D eigenvalue weighted by Gasteiger charge is 2.40. The molecule has 2 aliphatic heterocycles. The van der Waals surface area contributed by atoms with Gasteiger partial charge in [-0.2, -0.15) is 0 Å². The molecule has 0 amide bonds. The van der Waals surface area contributed by atoms with Gasteiger partial charge in [-0.3, -0.25) is 5.41 Å². The van der Waals surface area contributed by atoms with Crippen LogP contribution in [-0.2, 0) is 0 Å². The highest BCUT2D eigenvalue weighted by molar-refractivity contribution is 5.95. The second kappa shape index (κ2) is 4.49. The van der Waals surface area contributed by atoms with Crippen LogP contribution in [0.25, 0.3) is 0 Å². The van der Waals surface area contributed by atoms with Gasteiger partial charge in [-0.25, -0.2) is 4.98 Å². The quantitative estimate of drug-likeness (QED) is 0.550. The standard InChI is InChI=1S/C14H20N4O/c1-8-4-9(14(15)16)5-13(17-8)18-10-2-3-11(18)7-12(19)6-10/h4-5,10-12,19H,2-3,6-7H2,1H3,(H3,15,16). The van der Waals surface area contributed by atoms with Crippen molar-refractivity contribution in [1.29, 1.82) is 5.41 Å². The topological polar surface area (TPSA) is 86.2 Å². The Morgan fingerprint density at radius 1 is 1.37 bits per heavy atom. The van der Waals surface area contributed by atoms with E-state index < -0.39 is 0 Å². The molecule has 2 bridgehead atoms. The van der Waals surface area contributed by atoms with Crippen molar-refractivity contribution in [2.24, 2.45) is 5.73 Å². The number of amidine groups is 1. The largest absolute Gasteiger partial charge is 0.393 e. The summed E-state index contributed by atoms with van der Waals surface area (Å²) in [6.07, 6.45) is 3.70. The highest BCUT2D eigenvalue weighted by atomic mass is 16.3. The van der Waals surface area contributed by atoms with E-state index in [1.807, 2.05) is 19.1 Å². The Hall–Kier alpha value is -1.62. The van der Waals surface area contributed by atoms with Gasteiger partial charge >= 0.3 is 0 Å². The number of nitrogens with two attached hydrogens (primary N) is 1. The number of nitrogen functional groups attached to an aromatic ring is 1. The van der Waals surface area contributed by atoms with Gasteiger partial charge in [-0.05, 0) is 44.7 Å². The van der Waals surface area contributed by atoms with Crippen molar-refractivity contribution in [3.05, 3.63) is 23.4 Å². The number of aliphatic hydroxyl groups is 1. The summed E-state index contributed by atoms with van der Waals surface area (Å²) in [6, 6.07) is 4.50. The van der Waals surface area contributed by atoms with Crippen LogP contribution in [0.2, 0.25) is 0 Å². The van der Waals surface area contributed by atoms with Crippen LogP contribution in [0.5, 0.6) is 0 Å². The minimum Gasteiger partial charge on any atom is -0.393 e. The van der Waals surface area contributed by atoms with E-state index in [0.717, 1.165) is 42.8 Å². The molecule has 2 atom stereocenters. The number of aliphatic hydroxyl groups excluding tert-OH is 1. The summed E-state index contributed by atoms with van der Waals surface area (Å²) in [4.78, 5) is 6.92. The molecule has 0 aliphatic carbocycles. The summed E-state index contributed by atoms with van der Waals surface area (Å²) >= 11 is 0. The Bertz CT molecular complexity index is 502. The molecule has 102 valence electrons. The Kier molecular flexibility index (Phi) is 2.93. The number of anilines is 1. The molecular weight excluding hydrogens is 240 g/mol. The molecule has 0 saturated carbocycles. The molecule has 2 fully saturated rings. The summed E-state index contributed by atoms with van der Waals surface area (Å²) in [5.41, 5.74) is 7.20. The van der Waals surface area contributed by atoms with Crippen molar-refractivity contribution in [2.75, 3.05) is 4.90 Å². The molecule has 1 aromatic rings. The van der Waals surface area contributed by atoms with Gasteiger partial charge in [-0.1, -0.05) is 0 Å². The lowest BCUT2D eigenvalue weighted by Crippen LogP contribution is -2.45. The maximum absolute atomic E-state index is 9.85.